The lowest BCUT2D eigenvalue weighted by molar-refractivity contribution is 0.634. The van der Waals surface area contributed by atoms with Crippen LogP contribution in [0.5, 0.6) is 0 Å². The first kappa shape index (κ1) is 33.5. The number of para-hydroxylation sites is 2. The zero-order chi connectivity index (χ0) is 38.9. The Labute approximate surface area is 334 Å². The molecule has 9 aromatic carbocycles. The molecule has 0 bridgehead atoms. The van der Waals surface area contributed by atoms with Crippen LogP contribution in [0.1, 0.15) is 16.7 Å². The molecule has 5 nitrogen and oxygen atoms in total. The molecule has 11 aromatic rings. The summed E-state index contributed by atoms with van der Waals surface area (Å²) < 4.78 is 13.4. The van der Waals surface area contributed by atoms with E-state index in [-0.39, 0.29) is 0 Å². The molecular weight excluding hydrogens is 711 g/mol. The van der Waals surface area contributed by atoms with Crippen LogP contribution in [-0.4, -0.2) is 0 Å². The SMILES string of the molecule is Cc1cccc(N(c2ccccc2)c2ccc3cc4c(cc3c2)oc2c4cc(C#N)c3c4cc5ccc(N(c6ccccc6)c6cccc(C)c6)cc5cc4oc23)c1. The smallest absolute Gasteiger partial charge is 0.179 e. The third-order valence-corrected chi connectivity index (χ3v) is 11.2. The first-order valence-corrected chi connectivity index (χ1v) is 19.5. The van der Waals surface area contributed by atoms with E-state index in [9.17, 15) is 5.26 Å². The quantitative estimate of drug-likeness (QED) is 0.170. The lowest BCUT2D eigenvalue weighted by atomic mass is 10.00. The topological polar surface area (TPSA) is 56.6 Å². The minimum absolute atomic E-state index is 0.557. The normalized spacial score (nSPS) is 11.6. The Morgan fingerprint density at radius 3 is 1.41 bits per heavy atom. The van der Waals surface area contributed by atoms with Crippen molar-refractivity contribution in [3.05, 3.63) is 193 Å². The van der Waals surface area contributed by atoms with Gasteiger partial charge in [0.2, 0.25) is 0 Å². The fourth-order valence-corrected chi connectivity index (χ4v) is 8.58. The highest BCUT2D eigenvalue weighted by atomic mass is 16.4. The lowest BCUT2D eigenvalue weighted by Crippen LogP contribution is -2.09. The second-order valence-electron chi connectivity index (χ2n) is 15.1. The number of anilines is 6. The van der Waals surface area contributed by atoms with Crippen molar-refractivity contribution in [2.45, 2.75) is 13.8 Å². The van der Waals surface area contributed by atoms with Crippen LogP contribution in [0.15, 0.2) is 185 Å². The predicted molar refractivity (Wildman–Crippen MR) is 240 cm³/mol. The minimum Gasteiger partial charge on any atom is -0.452 e. The van der Waals surface area contributed by atoms with Crippen molar-refractivity contribution in [2.75, 3.05) is 9.80 Å². The summed E-state index contributed by atoms with van der Waals surface area (Å²) in [7, 11) is 0. The number of nitriles is 1. The van der Waals surface area contributed by atoms with Gasteiger partial charge in [-0.3, -0.25) is 0 Å². The van der Waals surface area contributed by atoms with Gasteiger partial charge < -0.3 is 18.6 Å². The highest BCUT2D eigenvalue weighted by Crippen LogP contribution is 2.44. The maximum absolute atomic E-state index is 10.6. The van der Waals surface area contributed by atoms with Crippen molar-refractivity contribution in [3.63, 3.8) is 0 Å². The summed E-state index contributed by atoms with van der Waals surface area (Å²) in [6.45, 7) is 4.23. The molecule has 11 rings (SSSR count). The van der Waals surface area contributed by atoms with Gasteiger partial charge in [0, 0.05) is 55.7 Å². The number of benzene rings is 9. The fraction of sp³-hybridized carbons (Fsp3) is 0.0377. The second kappa shape index (κ2) is 13.2. The Balaban J connectivity index is 1.06. The number of nitrogens with zero attached hydrogens (tertiary/aromatic N) is 3. The largest absolute Gasteiger partial charge is 0.452 e. The fourth-order valence-electron chi connectivity index (χ4n) is 8.58. The molecule has 0 amide bonds. The van der Waals surface area contributed by atoms with Crippen LogP contribution < -0.4 is 9.80 Å². The Hall–Kier alpha value is -7.81. The van der Waals surface area contributed by atoms with E-state index < -0.39 is 0 Å². The number of furan rings is 2. The van der Waals surface area contributed by atoms with Crippen molar-refractivity contribution >= 4 is 99.5 Å². The molecule has 2 heterocycles. The summed E-state index contributed by atoms with van der Waals surface area (Å²) in [6.07, 6.45) is 0. The van der Waals surface area contributed by atoms with Gasteiger partial charge in [0.1, 0.15) is 11.2 Å². The van der Waals surface area contributed by atoms with Crippen LogP contribution in [0.25, 0.3) is 65.4 Å². The summed E-state index contributed by atoms with van der Waals surface area (Å²) in [5.41, 5.74) is 12.0. The molecule has 0 atom stereocenters. The molecule has 0 radical (unpaired) electrons. The Morgan fingerprint density at radius 2 is 0.879 bits per heavy atom. The highest BCUT2D eigenvalue weighted by Gasteiger charge is 2.22. The first-order valence-electron chi connectivity index (χ1n) is 19.5. The third kappa shape index (κ3) is 5.46. The van der Waals surface area contributed by atoms with Gasteiger partial charge in [-0.1, -0.05) is 72.8 Å². The van der Waals surface area contributed by atoms with E-state index in [0.717, 1.165) is 82.8 Å². The summed E-state index contributed by atoms with van der Waals surface area (Å²) >= 11 is 0. The van der Waals surface area contributed by atoms with E-state index in [2.05, 4.69) is 187 Å². The molecule has 58 heavy (non-hydrogen) atoms. The number of hydrogen-bond donors (Lipinski definition) is 0. The van der Waals surface area contributed by atoms with Crippen molar-refractivity contribution in [1.29, 1.82) is 5.26 Å². The van der Waals surface area contributed by atoms with Crippen LogP contribution in [-0.2, 0) is 0 Å². The van der Waals surface area contributed by atoms with Gasteiger partial charge in [-0.05, 0) is 150 Å². The molecule has 0 saturated heterocycles. The van der Waals surface area contributed by atoms with E-state index >= 15 is 0 Å². The van der Waals surface area contributed by atoms with E-state index in [1.54, 1.807) is 0 Å². The maximum atomic E-state index is 10.6. The molecule has 0 unspecified atom stereocenters. The maximum Gasteiger partial charge on any atom is 0.179 e. The summed E-state index contributed by atoms with van der Waals surface area (Å²) in [5, 5.41) is 18.2. The third-order valence-electron chi connectivity index (χ3n) is 11.2. The van der Waals surface area contributed by atoms with Gasteiger partial charge in [-0.2, -0.15) is 5.26 Å². The molecule has 2 aromatic heterocycles. The van der Waals surface area contributed by atoms with Gasteiger partial charge in [0.25, 0.3) is 0 Å². The van der Waals surface area contributed by atoms with Gasteiger partial charge in [-0.25, -0.2) is 0 Å². The van der Waals surface area contributed by atoms with Crippen LogP contribution in [0.4, 0.5) is 34.1 Å². The molecule has 5 heteroatoms. The summed E-state index contributed by atoms with van der Waals surface area (Å²) in [6, 6.07) is 64.0. The molecule has 0 fully saturated rings. The van der Waals surface area contributed by atoms with Crippen LogP contribution in [0.3, 0.4) is 0 Å². The number of aryl methyl sites for hydroxylation is 2. The van der Waals surface area contributed by atoms with E-state index in [1.165, 1.54) is 11.1 Å². The van der Waals surface area contributed by atoms with Crippen LogP contribution in [0.2, 0.25) is 0 Å². The Kier molecular flexibility index (Phi) is 7.60. The summed E-state index contributed by atoms with van der Waals surface area (Å²) in [4.78, 5) is 4.55. The van der Waals surface area contributed by atoms with Crippen molar-refractivity contribution in [3.8, 4) is 6.07 Å². The number of rotatable bonds is 6. The van der Waals surface area contributed by atoms with E-state index in [0.29, 0.717) is 22.3 Å². The summed E-state index contributed by atoms with van der Waals surface area (Å²) in [5.74, 6) is 0. The lowest BCUT2D eigenvalue weighted by Gasteiger charge is -2.26. The van der Waals surface area contributed by atoms with Crippen molar-refractivity contribution in [1.82, 2.24) is 0 Å². The molecule has 274 valence electrons. The minimum atomic E-state index is 0.557. The van der Waals surface area contributed by atoms with E-state index in [4.69, 9.17) is 8.83 Å². The number of hydrogen-bond acceptors (Lipinski definition) is 5. The average Bonchev–Trinajstić information content (AvgIpc) is 3.80. The molecule has 0 aliphatic carbocycles. The van der Waals surface area contributed by atoms with Crippen molar-refractivity contribution in [2.24, 2.45) is 0 Å². The zero-order valence-electron chi connectivity index (χ0n) is 31.9. The van der Waals surface area contributed by atoms with Crippen LogP contribution in [0, 0.1) is 25.2 Å². The standard InChI is InChI=1S/C53H35N3O2/c1-33-11-9-17-42(23-33)55(40-13-5-3-6-14-40)44-21-19-35-27-46-47-29-39(32-54)51-48-28-36-20-22-45(56(41-15-7-4-8-16-41)43-18-10-12-34(2)24-43)26-38(36)31-50(48)58-53(51)52(47)57-49(46)30-37(35)25-44/h3-31H,1-2H3. The highest BCUT2D eigenvalue weighted by molar-refractivity contribution is 6.23. The van der Waals surface area contributed by atoms with Gasteiger partial charge in [-0.15, -0.1) is 0 Å². The van der Waals surface area contributed by atoms with Gasteiger partial charge in [0.15, 0.2) is 11.2 Å². The molecular formula is C53H35N3O2. The van der Waals surface area contributed by atoms with Gasteiger partial charge >= 0.3 is 0 Å². The number of fused-ring (bicyclic) bond motifs is 9. The molecule has 0 aliphatic rings. The molecule has 0 aliphatic heterocycles. The second-order valence-corrected chi connectivity index (χ2v) is 15.1. The molecule has 0 spiro atoms. The molecule has 0 N–H and O–H groups in total. The average molecular weight is 746 g/mol. The van der Waals surface area contributed by atoms with Gasteiger partial charge in [0.05, 0.1) is 11.6 Å². The first-order chi connectivity index (χ1) is 28.5. The zero-order valence-corrected chi connectivity index (χ0v) is 31.9. The monoisotopic (exact) mass is 745 g/mol. The Bertz CT molecular complexity index is 3450. The molecule has 0 saturated carbocycles. The van der Waals surface area contributed by atoms with E-state index in [1.807, 2.05) is 18.2 Å². The predicted octanol–water partition coefficient (Wildman–Crippen LogP) is 15.2. The van der Waals surface area contributed by atoms with Crippen LogP contribution >= 0.6 is 0 Å². The Morgan fingerprint density at radius 1 is 0.397 bits per heavy atom. The van der Waals surface area contributed by atoms with Crippen molar-refractivity contribution < 1.29 is 8.83 Å².